The number of aromatic nitrogens is 2. The number of imidazole rings is 1. The maximum atomic E-state index is 12.4. The van der Waals surface area contributed by atoms with E-state index >= 15 is 0 Å². The number of amides is 1. The molecule has 98 valence electrons. The Labute approximate surface area is 111 Å². The molecule has 1 aliphatic rings. The van der Waals surface area contributed by atoms with Crippen LogP contribution in [-0.2, 0) is 6.54 Å². The van der Waals surface area contributed by atoms with Crippen molar-refractivity contribution in [1.29, 1.82) is 0 Å². The molecule has 0 fully saturated rings. The lowest BCUT2D eigenvalue weighted by Crippen LogP contribution is -2.26. The van der Waals surface area contributed by atoms with Crippen LogP contribution in [-0.4, -0.2) is 29.1 Å². The molecule has 2 heterocycles. The second-order valence-corrected chi connectivity index (χ2v) is 4.62. The monoisotopic (exact) mass is 256 g/mol. The summed E-state index contributed by atoms with van der Waals surface area (Å²) >= 11 is 0. The van der Waals surface area contributed by atoms with Gasteiger partial charge >= 0.3 is 0 Å². The van der Waals surface area contributed by atoms with Gasteiger partial charge in [-0.2, -0.15) is 0 Å². The van der Waals surface area contributed by atoms with Crippen LogP contribution in [0.3, 0.4) is 0 Å². The fourth-order valence-corrected chi connectivity index (χ4v) is 2.22. The Hall–Kier alpha value is -2.30. The topological polar surface area (TPSA) is 50.2 Å². The quantitative estimate of drug-likeness (QED) is 0.893. The van der Waals surface area contributed by atoms with E-state index in [0.29, 0.717) is 5.69 Å². The highest BCUT2D eigenvalue weighted by Gasteiger charge is 2.20. The Morgan fingerprint density at radius 3 is 2.89 bits per heavy atom. The molecule has 1 aromatic heterocycles. The van der Waals surface area contributed by atoms with Gasteiger partial charge < -0.3 is 14.8 Å². The molecule has 0 bridgehead atoms. The molecule has 2 aromatic rings. The Bertz CT molecular complexity index is 567. The summed E-state index contributed by atoms with van der Waals surface area (Å²) in [6.07, 6.45) is 2.88. The zero-order chi connectivity index (χ0) is 13.2. The summed E-state index contributed by atoms with van der Waals surface area (Å²) in [5.41, 5.74) is 1.35. The number of hydrogen-bond acceptors (Lipinski definition) is 3. The summed E-state index contributed by atoms with van der Waals surface area (Å²) in [6.45, 7) is 1.83. The van der Waals surface area contributed by atoms with E-state index in [1.165, 1.54) is 0 Å². The number of hydrogen-bond donors (Lipinski definition) is 1. The Morgan fingerprint density at radius 1 is 1.37 bits per heavy atom. The van der Waals surface area contributed by atoms with Crippen molar-refractivity contribution in [2.75, 3.05) is 23.8 Å². The first-order valence-corrected chi connectivity index (χ1v) is 6.40. The highest BCUT2D eigenvalue weighted by molar-refractivity contribution is 6.04. The molecule has 1 N–H and O–H groups in total. The van der Waals surface area contributed by atoms with Gasteiger partial charge in [-0.3, -0.25) is 4.79 Å². The van der Waals surface area contributed by atoms with E-state index in [1.54, 1.807) is 11.9 Å². The minimum Gasteiger partial charge on any atom is -0.356 e. The van der Waals surface area contributed by atoms with Crippen molar-refractivity contribution in [2.45, 2.75) is 13.0 Å². The summed E-state index contributed by atoms with van der Waals surface area (Å²) in [7, 11) is 1.77. The SMILES string of the molecule is CN(C(=O)c1cn2c(n1)NCCC2)c1ccccc1. The summed E-state index contributed by atoms with van der Waals surface area (Å²) < 4.78 is 2.00. The molecule has 1 aliphatic heterocycles. The molecule has 0 saturated heterocycles. The van der Waals surface area contributed by atoms with Gasteiger partial charge in [0.05, 0.1) is 0 Å². The maximum Gasteiger partial charge on any atom is 0.278 e. The molecule has 0 aliphatic carbocycles. The zero-order valence-corrected chi connectivity index (χ0v) is 10.8. The summed E-state index contributed by atoms with van der Waals surface area (Å²) in [4.78, 5) is 18.4. The van der Waals surface area contributed by atoms with Crippen LogP contribution in [0.1, 0.15) is 16.9 Å². The van der Waals surface area contributed by atoms with E-state index in [2.05, 4.69) is 10.3 Å². The van der Waals surface area contributed by atoms with Gasteiger partial charge in [0, 0.05) is 32.0 Å². The van der Waals surface area contributed by atoms with Crippen molar-refractivity contribution in [1.82, 2.24) is 9.55 Å². The minimum atomic E-state index is -0.0881. The second-order valence-electron chi connectivity index (χ2n) is 4.62. The molecule has 1 aromatic carbocycles. The first kappa shape index (κ1) is 11.8. The third-order valence-electron chi connectivity index (χ3n) is 3.30. The van der Waals surface area contributed by atoms with Crippen LogP contribution in [0.25, 0.3) is 0 Å². The summed E-state index contributed by atoms with van der Waals surface area (Å²) in [5.74, 6) is 0.700. The number of anilines is 2. The van der Waals surface area contributed by atoms with Crippen LogP contribution >= 0.6 is 0 Å². The standard InChI is InChI=1S/C14H16N4O/c1-17(11-6-3-2-4-7-11)13(19)12-10-18-9-5-8-15-14(18)16-12/h2-4,6-7,10H,5,8-9H2,1H3,(H,15,16). The van der Waals surface area contributed by atoms with Crippen molar-refractivity contribution < 1.29 is 4.79 Å². The maximum absolute atomic E-state index is 12.4. The van der Waals surface area contributed by atoms with Crippen molar-refractivity contribution in [3.8, 4) is 0 Å². The van der Waals surface area contributed by atoms with E-state index in [9.17, 15) is 4.79 Å². The third-order valence-corrected chi connectivity index (χ3v) is 3.30. The van der Waals surface area contributed by atoms with Gasteiger partial charge in [0.2, 0.25) is 5.95 Å². The number of carbonyl (C=O) groups is 1. The minimum absolute atomic E-state index is 0.0881. The van der Waals surface area contributed by atoms with E-state index in [-0.39, 0.29) is 5.91 Å². The molecular weight excluding hydrogens is 240 g/mol. The smallest absolute Gasteiger partial charge is 0.278 e. The Kier molecular flexibility index (Phi) is 2.95. The van der Waals surface area contributed by atoms with Gasteiger partial charge in [-0.05, 0) is 18.6 Å². The zero-order valence-electron chi connectivity index (χ0n) is 10.8. The Balaban J connectivity index is 1.86. The number of benzene rings is 1. The molecule has 1 amide bonds. The van der Waals surface area contributed by atoms with Gasteiger partial charge in [0.15, 0.2) is 0 Å². The van der Waals surface area contributed by atoms with Gasteiger partial charge in [0.25, 0.3) is 5.91 Å². The van der Waals surface area contributed by atoms with Crippen LogP contribution in [0, 0.1) is 0 Å². The third kappa shape index (κ3) is 2.19. The van der Waals surface area contributed by atoms with Crippen molar-refractivity contribution in [3.05, 3.63) is 42.2 Å². The summed E-state index contributed by atoms with van der Waals surface area (Å²) in [5, 5.41) is 3.20. The second kappa shape index (κ2) is 4.76. The number of carbonyl (C=O) groups excluding carboxylic acids is 1. The molecule has 19 heavy (non-hydrogen) atoms. The summed E-state index contributed by atoms with van der Waals surface area (Å²) in [6, 6.07) is 9.58. The van der Waals surface area contributed by atoms with Crippen molar-refractivity contribution in [2.24, 2.45) is 0 Å². The molecule has 5 nitrogen and oxygen atoms in total. The molecule has 0 atom stereocenters. The van der Waals surface area contributed by atoms with Gasteiger partial charge in [0.1, 0.15) is 5.69 Å². The van der Waals surface area contributed by atoms with E-state index < -0.39 is 0 Å². The van der Waals surface area contributed by atoms with Gasteiger partial charge in [-0.1, -0.05) is 18.2 Å². The number of rotatable bonds is 2. The van der Waals surface area contributed by atoms with E-state index in [4.69, 9.17) is 0 Å². The number of aryl methyl sites for hydroxylation is 1. The molecule has 5 heteroatoms. The highest BCUT2D eigenvalue weighted by atomic mass is 16.2. The Morgan fingerprint density at radius 2 is 2.16 bits per heavy atom. The molecular formula is C14H16N4O. The fraction of sp³-hybridized carbons (Fsp3) is 0.286. The fourth-order valence-electron chi connectivity index (χ4n) is 2.22. The molecule has 0 radical (unpaired) electrons. The van der Waals surface area contributed by atoms with Gasteiger partial charge in [-0.25, -0.2) is 4.98 Å². The number of fused-ring (bicyclic) bond motifs is 1. The normalized spacial score (nSPS) is 13.5. The van der Waals surface area contributed by atoms with Crippen molar-refractivity contribution >= 4 is 17.5 Å². The number of para-hydroxylation sites is 1. The average Bonchev–Trinajstić information content (AvgIpc) is 2.90. The molecule has 0 saturated carbocycles. The first-order chi connectivity index (χ1) is 9.25. The highest BCUT2D eigenvalue weighted by Crippen LogP contribution is 2.18. The lowest BCUT2D eigenvalue weighted by atomic mass is 10.3. The van der Waals surface area contributed by atoms with Crippen LogP contribution in [0.5, 0.6) is 0 Å². The molecule has 3 rings (SSSR count). The first-order valence-electron chi connectivity index (χ1n) is 6.40. The van der Waals surface area contributed by atoms with Crippen LogP contribution in [0.4, 0.5) is 11.6 Å². The predicted octanol–water partition coefficient (Wildman–Crippen LogP) is 1.98. The number of nitrogens with zero attached hydrogens (tertiary/aromatic N) is 3. The van der Waals surface area contributed by atoms with Crippen LogP contribution < -0.4 is 10.2 Å². The van der Waals surface area contributed by atoms with E-state index in [1.807, 2.05) is 41.1 Å². The van der Waals surface area contributed by atoms with Crippen LogP contribution in [0.15, 0.2) is 36.5 Å². The molecule has 0 unspecified atom stereocenters. The van der Waals surface area contributed by atoms with E-state index in [0.717, 1.165) is 31.1 Å². The largest absolute Gasteiger partial charge is 0.356 e. The van der Waals surface area contributed by atoms with Gasteiger partial charge in [-0.15, -0.1) is 0 Å². The average molecular weight is 256 g/mol. The van der Waals surface area contributed by atoms with Crippen molar-refractivity contribution in [3.63, 3.8) is 0 Å². The van der Waals surface area contributed by atoms with Crippen LogP contribution in [0.2, 0.25) is 0 Å². The lowest BCUT2D eigenvalue weighted by molar-refractivity contribution is 0.0988. The predicted molar refractivity (Wildman–Crippen MR) is 74.5 cm³/mol. The molecule has 0 spiro atoms. The number of nitrogens with one attached hydrogen (secondary N) is 1. The lowest BCUT2D eigenvalue weighted by Gasteiger charge is -2.15.